The SMILES string of the molecule is C=COCCN(C)C(N)=O. The lowest BCUT2D eigenvalue weighted by atomic mass is 10.6. The summed E-state index contributed by atoms with van der Waals surface area (Å²) in [5.74, 6) is 0. The number of carbonyl (C=O) groups is 1. The molecule has 0 aromatic carbocycles. The standard InChI is InChI=1S/C6H12N2O2/c1-3-10-5-4-8(2)6(7)9/h3H,1,4-5H2,2H3,(H2,7,9). The Labute approximate surface area is 60.2 Å². The second-order valence-corrected chi connectivity index (χ2v) is 1.80. The maximum absolute atomic E-state index is 10.4. The first-order chi connectivity index (χ1) is 4.68. The molecular formula is C6H12N2O2. The summed E-state index contributed by atoms with van der Waals surface area (Å²) in [6, 6.07) is -0.451. The molecular weight excluding hydrogens is 132 g/mol. The van der Waals surface area contributed by atoms with E-state index in [0.29, 0.717) is 13.2 Å². The number of likely N-dealkylation sites (N-methyl/N-ethyl adjacent to an activating group) is 1. The van der Waals surface area contributed by atoms with E-state index in [9.17, 15) is 4.79 Å². The molecule has 2 amide bonds. The number of hydrogen-bond donors (Lipinski definition) is 1. The van der Waals surface area contributed by atoms with Crippen LogP contribution in [-0.2, 0) is 4.74 Å². The van der Waals surface area contributed by atoms with Gasteiger partial charge < -0.3 is 15.4 Å². The maximum Gasteiger partial charge on any atom is 0.314 e. The molecule has 0 unspecified atom stereocenters. The van der Waals surface area contributed by atoms with Crippen LogP contribution in [0.15, 0.2) is 12.8 Å². The number of primary amides is 1. The monoisotopic (exact) mass is 144 g/mol. The predicted octanol–water partition coefficient (Wildman–Crippen LogP) is 0.157. The minimum Gasteiger partial charge on any atom is -0.500 e. The molecule has 0 aromatic heterocycles. The molecule has 0 saturated carbocycles. The molecule has 4 heteroatoms. The van der Waals surface area contributed by atoms with Crippen molar-refractivity contribution in [3.63, 3.8) is 0 Å². The highest BCUT2D eigenvalue weighted by Crippen LogP contribution is 1.81. The van der Waals surface area contributed by atoms with E-state index in [1.807, 2.05) is 0 Å². The first kappa shape index (κ1) is 8.81. The molecule has 0 bridgehead atoms. The summed E-state index contributed by atoms with van der Waals surface area (Å²) >= 11 is 0. The second kappa shape index (κ2) is 4.67. The van der Waals surface area contributed by atoms with Crippen molar-refractivity contribution < 1.29 is 9.53 Å². The average molecular weight is 144 g/mol. The third-order valence-corrected chi connectivity index (χ3v) is 1.04. The predicted molar refractivity (Wildman–Crippen MR) is 38.4 cm³/mol. The summed E-state index contributed by atoms with van der Waals surface area (Å²) in [6.07, 6.45) is 1.33. The normalized spacial score (nSPS) is 8.50. The smallest absolute Gasteiger partial charge is 0.314 e. The summed E-state index contributed by atoms with van der Waals surface area (Å²) in [4.78, 5) is 11.7. The van der Waals surface area contributed by atoms with Crippen LogP contribution in [0.1, 0.15) is 0 Å². The van der Waals surface area contributed by atoms with E-state index in [0.717, 1.165) is 0 Å². The number of ether oxygens (including phenoxy) is 1. The van der Waals surface area contributed by atoms with Crippen LogP contribution in [0.5, 0.6) is 0 Å². The van der Waals surface area contributed by atoms with Crippen LogP contribution in [0, 0.1) is 0 Å². The Bertz CT molecular complexity index is 125. The Hall–Kier alpha value is -1.19. The summed E-state index contributed by atoms with van der Waals surface area (Å²) in [6.45, 7) is 4.27. The molecule has 0 spiro atoms. The largest absolute Gasteiger partial charge is 0.500 e. The van der Waals surface area contributed by atoms with Crippen LogP contribution in [0.4, 0.5) is 4.79 Å². The molecule has 0 aliphatic rings. The lowest BCUT2D eigenvalue weighted by Crippen LogP contribution is -2.34. The summed E-state index contributed by atoms with van der Waals surface area (Å²) in [5, 5.41) is 0. The van der Waals surface area contributed by atoms with Gasteiger partial charge >= 0.3 is 6.03 Å². The van der Waals surface area contributed by atoms with Crippen molar-refractivity contribution in [3.05, 3.63) is 12.8 Å². The van der Waals surface area contributed by atoms with Crippen LogP contribution in [0.25, 0.3) is 0 Å². The first-order valence-corrected chi connectivity index (χ1v) is 2.91. The van der Waals surface area contributed by atoms with Crippen LogP contribution in [-0.4, -0.2) is 31.1 Å². The molecule has 0 saturated heterocycles. The highest BCUT2D eigenvalue weighted by Gasteiger charge is 1.99. The van der Waals surface area contributed by atoms with Gasteiger partial charge in [0.15, 0.2) is 0 Å². The van der Waals surface area contributed by atoms with E-state index < -0.39 is 6.03 Å². The number of amides is 2. The second-order valence-electron chi connectivity index (χ2n) is 1.80. The van der Waals surface area contributed by atoms with Crippen molar-refractivity contribution in [3.8, 4) is 0 Å². The topological polar surface area (TPSA) is 55.6 Å². The lowest BCUT2D eigenvalue weighted by molar-refractivity contribution is 0.188. The van der Waals surface area contributed by atoms with Crippen molar-refractivity contribution in [2.75, 3.05) is 20.2 Å². The van der Waals surface area contributed by atoms with Gasteiger partial charge in [0.05, 0.1) is 12.8 Å². The van der Waals surface area contributed by atoms with Gasteiger partial charge in [-0.1, -0.05) is 6.58 Å². The molecule has 2 N–H and O–H groups in total. The van der Waals surface area contributed by atoms with Gasteiger partial charge in [0, 0.05) is 7.05 Å². The van der Waals surface area contributed by atoms with Crippen LogP contribution < -0.4 is 5.73 Å². The molecule has 0 rings (SSSR count). The Morgan fingerprint density at radius 1 is 1.90 bits per heavy atom. The summed E-state index contributed by atoms with van der Waals surface area (Å²) < 4.78 is 4.77. The van der Waals surface area contributed by atoms with E-state index in [-0.39, 0.29) is 0 Å². The van der Waals surface area contributed by atoms with Gasteiger partial charge in [-0.15, -0.1) is 0 Å². The van der Waals surface area contributed by atoms with Gasteiger partial charge in [0.2, 0.25) is 0 Å². The van der Waals surface area contributed by atoms with Gasteiger partial charge in [-0.3, -0.25) is 0 Å². The van der Waals surface area contributed by atoms with Gasteiger partial charge in [0.25, 0.3) is 0 Å². The van der Waals surface area contributed by atoms with Crippen LogP contribution >= 0.6 is 0 Å². The number of nitrogens with zero attached hydrogens (tertiary/aromatic N) is 1. The number of carbonyl (C=O) groups excluding carboxylic acids is 1. The van der Waals surface area contributed by atoms with Crippen LogP contribution in [0.3, 0.4) is 0 Å². The minimum absolute atomic E-state index is 0.433. The lowest BCUT2D eigenvalue weighted by Gasteiger charge is -2.12. The van der Waals surface area contributed by atoms with E-state index in [4.69, 9.17) is 10.5 Å². The third-order valence-electron chi connectivity index (χ3n) is 1.04. The Morgan fingerprint density at radius 3 is 2.90 bits per heavy atom. The number of rotatable bonds is 4. The van der Waals surface area contributed by atoms with E-state index in [2.05, 4.69) is 6.58 Å². The van der Waals surface area contributed by atoms with Gasteiger partial charge in [-0.05, 0) is 0 Å². The number of hydrogen-bond acceptors (Lipinski definition) is 2. The van der Waals surface area contributed by atoms with Crippen molar-refractivity contribution in [2.24, 2.45) is 5.73 Å². The van der Waals surface area contributed by atoms with Crippen molar-refractivity contribution in [1.82, 2.24) is 4.90 Å². The fraction of sp³-hybridized carbons (Fsp3) is 0.500. The van der Waals surface area contributed by atoms with Crippen molar-refractivity contribution in [2.45, 2.75) is 0 Å². The first-order valence-electron chi connectivity index (χ1n) is 2.91. The Morgan fingerprint density at radius 2 is 2.50 bits per heavy atom. The maximum atomic E-state index is 10.4. The zero-order chi connectivity index (χ0) is 7.98. The van der Waals surface area contributed by atoms with E-state index >= 15 is 0 Å². The molecule has 10 heavy (non-hydrogen) atoms. The number of urea groups is 1. The molecule has 4 nitrogen and oxygen atoms in total. The van der Waals surface area contributed by atoms with Crippen molar-refractivity contribution >= 4 is 6.03 Å². The molecule has 0 aliphatic heterocycles. The summed E-state index contributed by atoms with van der Waals surface area (Å²) in [5.41, 5.74) is 4.92. The molecule has 58 valence electrons. The van der Waals surface area contributed by atoms with Gasteiger partial charge in [-0.2, -0.15) is 0 Å². The molecule has 0 aliphatic carbocycles. The third kappa shape index (κ3) is 3.77. The van der Waals surface area contributed by atoms with E-state index in [1.165, 1.54) is 11.2 Å². The zero-order valence-corrected chi connectivity index (χ0v) is 6.04. The molecule has 0 heterocycles. The minimum atomic E-state index is -0.451. The highest BCUT2D eigenvalue weighted by molar-refractivity contribution is 5.71. The fourth-order valence-electron chi connectivity index (χ4n) is 0.383. The molecule has 0 aromatic rings. The zero-order valence-electron chi connectivity index (χ0n) is 6.04. The van der Waals surface area contributed by atoms with E-state index in [1.54, 1.807) is 7.05 Å². The molecule has 0 atom stereocenters. The van der Waals surface area contributed by atoms with Gasteiger partial charge in [0.1, 0.15) is 6.61 Å². The number of nitrogens with two attached hydrogens (primary N) is 1. The molecule has 0 fully saturated rings. The Kier molecular flexibility index (Phi) is 4.11. The van der Waals surface area contributed by atoms with Gasteiger partial charge in [-0.25, -0.2) is 4.79 Å². The highest BCUT2D eigenvalue weighted by atomic mass is 16.5. The Balaban J connectivity index is 3.30. The average Bonchev–Trinajstić information content (AvgIpc) is 1.88. The fourth-order valence-corrected chi connectivity index (χ4v) is 0.383. The van der Waals surface area contributed by atoms with Crippen LogP contribution in [0.2, 0.25) is 0 Å². The molecule has 0 radical (unpaired) electrons. The summed E-state index contributed by atoms with van der Waals surface area (Å²) in [7, 11) is 1.61. The van der Waals surface area contributed by atoms with Crippen molar-refractivity contribution in [1.29, 1.82) is 0 Å². The quantitative estimate of drug-likeness (QED) is 0.451.